The summed E-state index contributed by atoms with van der Waals surface area (Å²) in [5.41, 5.74) is -1.48. The quantitative estimate of drug-likeness (QED) is 0.342. The van der Waals surface area contributed by atoms with Crippen LogP contribution in [0.2, 0.25) is 0 Å². The van der Waals surface area contributed by atoms with Crippen molar-refractivity contribution in [1.29, 1.82) is 0 Å². The van der Waals surface area contributed by atoms with E-state index in [1.807, 2.05) is 0 Å². The summed E-state index contributed by atoms with van der Waals surface area (Å²) in [6.45, 7) is 11.5. The lowest BCUT2D eigenvalue weighted by Gasteiger charge is -2.22. The highest BCUT2D eigenvalue weighted by atomic mass is 16.6. The van der Waals surface area contributed by atoms with E-state index in [4.69, 9.17) is 9.47 Å². The average molecular weight is 345 g/mol. The summed E-state index contributed by atoms with van der Waals surface area (Å²) >= 11 is 0. The van der Waals surface area contributed by atoms with Crippen molar-refractivity contribution in [2.24, 2.45) is 4.99 Å². The van der Waals surface area contributed by atoms with Gasteiger partial charge < -0.3 is 14.2 Å². The van der Waals surface area contributed by atoms with E-state index < -0.39 is 35.4 Å². The number of aliphatic imine (C=N–C) groups is 1. The van der Waals surface area contributed by atoms with Crippen LogP contribution in [0.1, 0.15) is 48.5 Å². The molecule has 0 aliphatic rings. The van der Waals surface area contributed by atoms with Gasteiger partial charge in [-0.3, -0.25) is 10.6 Å². The summed E-state index contributed by atoms with van der Waals surface area (Å²) in [6, 6.07) is -0.949. The molecule has 2 amide bonds. The third kappa shape index (κ3) is 10.4. The first-order chi connectivity index (χ1) is 10.7. The van der Waals surface area contributed by atoms with Gasteiger partial charge in [0.15, 0.2) is 0 Å². The molecule has 138 valence electrons. The first-order valence-corrected chi connectivity index (χ1v) is 7.39. The predicted molar refractivity (Wildman–Crippen MR) is 87.7 cm³/mol. The predicted octanol–water partition coefficient (Wildman–Crippen LogP) is 1.95. The van der Waals surface area contributed by atoms with E-state index in [0.29, 0.717) is 0 Å². The number of hydrogen-bond donors (Lipinski definition) is 2. The summed E-state index contributed by atoms with van der Waals surface area (Å²) in [4.78, 5) is 39.0. The molecule has 0 aliphatic carbocycles. The van der Waals surface area contributed by atoms with E-state index in [0.717, 1.165) is 0 Å². The molecule has 0 aromatic rings. The summed E-state index contributed by atoms with van der Waals surface area (Å²) < 4.78 is 14.7. The Kier molecular flexibility index (Phi) is 7.69. The number of alkyl carbamates (subject to hydrolysis) is 2. The van der Waals surface area contributed by atoms with Crippen LogP contribution in [0, 0.1) is 0 Å². The van der Waals surface area contributed by atoms with Gasteiger partial charge in [-0.2, -0.15) is 0 Å². The molecule has 9 nitrogen and oxygen atoms in total. The molecule has 0 fully saturated rings. The largest absolute Gasteiger partial charge is 0.467 e. The Balaban J connectivity index is 5.16. The van der Waals surface area contributed by atoms with E-state index in [2.05, 4.69) is 20.4 Å². The van der Waals surface area contributed by atoms with Crippen molar-refractivity contribution < 1.29 is 28.6 Å². The van der Waals surface area contributed by atoms with Gasteiger partial charge in [-0.1, -0.05) is 0 Å². The first-order valence-electron chi connectivity index (χ1n) is 7.39. The zero-order valence-corrected chi connectivity index (χ0v) is 15.5. The zero-order valence-electron chi connectivity index (χ0n) is 15.5. The van der Waals surface area contributed by atoms with Crippen molar-refractivity contribution >= 4 is 24.1 Å². The molecule has 24 heavy (non-hydrogen) atoms. The molecule has 0 heterocycles. The lowest BCUT2D eigenvalue weighted by atomic mass is 10.2. The van der Waals surface area contributed by atoms with E-state index in [-0.39, 0.29) is 5.96 Å². The second-order valence-corrected chi connectivity index (χ2v) is 6.93. The number of carbonyl (C=O) groups is 3. The fourth-order valence-corrected chi connectivity index (χ4v) is 1.31. The molecule has 1 atom stereocenters. The van der Waals surface area contributed by atoms with Crippen LogP contribution in [-0.2, 0) is 19.0 Å². The summed E-state index contributed by atoms with van der Waals surface area (Å²) in [5.74, 6) is -0.916. The fraction of sp³-hybridized carbons (Fsp3) is 0.733. The molecule has 0 aromatic carbocycles. The smallest absolute Gasteiger partial charge is 0.414 e. The van der Waals surface area contributed by atoms with Crippen molar-refractivity contribution in [3.05, 3.63) is 0 Å². The average Bonchev–Trinajstić information content (AvgIpc) is 2.32. The fourth-order valence-electron chi connectivity index (χ4n) is 1.31. The van der Waals surface area contributed by atoms with Crippen LogP contribution in [0.25, 0.3) is 0 Å². The molecule has 0 aliphatic heterocycles. The van der Waals surface area contributed by atoms with Crippen LogP contribution in [0.5, 0.6) is 0 Å². The van der Waals surface area contributed by atoms with Gasteiger partial charge in [-0.25, -0.2) is 19.4 Å². The van der Waals surface area contributed by atoms with Crippen LogP contribution < -0.4 is 10.6 Å². The number of methoxy groups -OCH3 is 1. The van der Waals surface area contributed by atoms with Gasteiger partial charge in [0.1, 0.15) is 17.2 Å². The minimum absolute atomic E-state index is 0.281. The van der Waals surface area contributed by atoms with Crippen molar-refractivity contribution in [3.8, 4) is 0 Å². The molecular formula is C15H27N3O6. The van der Waals surface area contributed by atoms with Crippen molar-refractivity contribution in [1.82, 2.24) is 10.6 Å². The Morgan fingerprint density at radius 3 is 1.54 bits per heavy atom. The molecule has 0 aromatic heterocycles. The normalized spacial score (nSPS) is 12.5. The van der Waals surface area contributed by atoms with Crippen LogP contribution in [-0.4, -0.2) is 48.5 Å². The number of esters is 1. The Bertz CT molecular complexity index is 470. The highest BCUT2D eigenvalue weighted by Gasteiger charge is 2.22. The number of nitrogens with one attached hydrogen (secondary N) is 2. The molecule has 0 radical (unpaired) electrons. The third-order valence-corrected chi connectivity index (χ3v) is 2.10. The van der Waals surface area contributed by atoms with Crippen LogP contribution in [0.3, 0.4) is 0 Å². The minimum atomic E-state index is -0.949. The Hall–Kier alpha value is -2.32. The zero-order chi connectivity index (χ0) is 19.1. The van der Waals surface area contributed by atoms with E-state index in [1.54, 1.807) is 41.5 Å². The maximum atomic E-state index is 11.8. The summed E-state index contributed by atoms with van der Waals surface area (Å²) in [6.07, 6.45) is -1.68. The highest BCUT2D eigenvalue weighted by molar-refractivity contribution is 6.02. The molecule has 2 N–H and O–H groups in total. The molecule has 0 bridgehead atoms. The second-order valence-electron chi connectivity index (χ2n) is 6.93. The Labute approximate surface area is 142 Å². The Morgan fingerprint density at radius 2 is 1.25 bits per heavy atom. The molecule has 0 saturated heterocycles. The SMILES string of the molecule is COC(=O)C(C)N=C(NC(=O)OC(C)(C)C)NC(=O)OC(C)(C)C. The molecule has 0 saturated carbocycles. The number of nitrogens with zero attached hydrogens (tertiary/aromatic N) is 1. The van der Waals surface area contributed by atoms with Gasteiger partial charge in [0.2, 0.25) is 5.96 Å². The number of rotatable bonds is 2. The van der Waals surface area contributed by atoms with Crippen LogP contribution in [0.4, 0.5) is 9.59 Å². The standard InChI is InChI=1S/C15H27N3O6/c1-9(10(19)22-8)16-11(17-12(20)23-14(2,3)4)18-13(21)24-15(5,6)7/h9H,1-8H3,(H2,16,17,18,20,21). The summed E-state index contributed by atoms with van der Waals surface area (Å²) in [7, 11) is 1.20. The molecule has 0 spiro atoms. The second kappa shape index (κ2) is 8.51. The lowest BCUT2D eigenvalue weighted by molar-refractivity contribution is -0.141. The van der Waals surface area contributed by atoms with Crippen LogP contribution in [0.15, 0.2) is 4.99 Å². The van der Waals surface area contributed by atoms with Crippen LogP contribution >= 0.6 is 0 Å². The molecule has 9 heteroatoms. The third-order valence-electron chi connectivity index (χ3n) is 2.10. The number of carbonyl (C=O) groups excluding carboxylic acids is 3. The van der Waals surface area contributed by atoms with Gasteiger partial charge in [-0.05, 0) is 48.5 Å². The Morgan fingerprint density at radius 1 is 0.875 bits per heavy atom. The number of ether oxygens (including phenoxy) is 3. The number of amides is 2. The van der Waals surface area contributed by atoms with Gasteiger partial charge in [0.25, 0.3) is 0 Å². The van der Waals surface area contributed by atoms with Crippen molar-refractivity contribution in [2.45, 2.75) is 65.7 Å². The maximum Gasteiger partial charge on any atom is 0.414 e. The number of hydrogen-bond acceptors (Lipinski definition) is 7. The summed E-state index contributed by atoms with van der Waals surface area (Å²) in [5, 5.41) is 4.54. The van der Waals surface area contributed by atoms with Gasteiger partial charge in [0.05, 0.1) is 7.11 Å². The van der Waals surface area contributed by atoms with Gasteiger partial charge in [0, 0.05) is 0 Å². The van der Waals surface area contributed by atoms with Gasteiger partial charge in [-0.15, -0.1) is 0 Å². The van der Waals surface area contributed by atoms with E-state index >= 15 is 0 Å². The van der Waals surface area contributed by atoms with E-state index in [9.17, 15) is 14.4 Å². The van der Waals surface area contributed by atoms with Crippen molar-refractivity contribution in [3.63, 3.8) is 0 Å². The van der Waals surface area contributed by atoms with Crippen molar-refractivity contribution in [2.75, 3.05) is 7.11 Å². The monoisotopic (exact) mass is 345 g/mol. The molecular weight excluding hydrogens is 318 g/mol. The maximum absolute atomic E-state index is 11.8. The number of guanidine groups is 1. The highest BCUT2D eigenvalue weighted by Crippen LogP contribution is 2.08. The molecule has 1 unspecified atom stereocenters. The van der Waals surface area contributed by atoms with E-state index in [1.165, 1.54) is 14.0 Å². The lowest BCUT2D eigenvalue weighted by Crippen LogP contribution is -2.48. The van der Waals surface area contributed by atoms with Gasteiger partial charge >= 0.3 is 18.2 Å². The molecule has 0 rings (SSSR count). The first kappa shape index (κ1) is 21.7. The minimum Gasteiger partial charge on any atom is -0.467 e. The topological polar surface area (TPSA) is 115 Å².